The standard InChI is InChI=1S/C11H19N3O3S/c1-12-2-4-13(5-3-12)11(15)14-7-10-6-9(14)8-18(10,16)17/h9-10H,2-8H2,1H3/t9-,10+/m0/s1. The minimum Gasteiger partial charge on any atom is -0.322 e. The molecule has 3 aliphatic heterocycles. The second-order valence-electron chi connectivity index (χ2n) is 5.57. The maximum absolute atomic E-state index is 12.3. The highest BCUT2D eigenvalue weighted by atomic mass is 32.2. The molecule has 0 radical (unpaired) electrons. The second-order valence-corrected chi connectivity index (χ2v) is 7.89. The van der Waals surface area contributed by atoms with Gasteiger partial charge in [0.1, 0.15) is 0 Å². The van der Waals surface area contributed by atoms with Crippen molar-refractivity contribution in [2.24, 2.45) is 0 Å². The van der Waals surface area contributed by atoms with Gasteiger partial charge < -0.3 is 14.7 Å². The number of carbonyl (C=O) groups is 1. The molecule has 3 saturated heterocycles. The highest BCUT2D eigenvalue weighted by Crippen LogP contribution is 2.33. The molecule has 2 atom stereocenters. The Hall–Kier alpha value is -0.820. The maximum Gasteiger partial charge on any atom is 0.320 e. The lowest BCUT2D eigenvalue weighted by Crippen LogP contribution is -2.55. The first-order valence-corrected chi connectivity index (χ1v) is 8.14. The topological polar surface area (TPSA) is 60.9 Å². The molecule has 0 saturated carbocycles. The van der Waals surface area contributed by atoms with Gasteiger partial charge in [-0.05, 0) is 13.5 Å². The van der Waals surface area contributed by atoms with Crippen LogP contribution in [-0.2, 0) is 9.84 Å². The van der Waals surface area contributed by atoms with Crippen molar-refractivity contribution in [2.45, 2.75) is 17.7 Å². The summed E-state index contributed by atoms with van der Waals surface area (Å²) in [6, 6.07) is -0.0438. The van der Waals surface area contributed by atoms with Crippen LogP contribution in [0.1, 0.15) is 6.42 Å². The van der Waals surface area contributed by atoms with E-state index in [0.717, 1.165) is 26.2 Å². The molecule has 7 heteroatoms. The van der Waals surface area contributed by atoms with Gasteiger partial charge in [-0.3, -0.25) is 0 Å². The van der Waals surface area contributed by atoms with Gasteiger partial charge in [-0.2, -0.15) is 0 Å². The van der Waals surface area contributed by atoms with Crippen molar-refractivity contribution in [3.8, 4) is 0 Å². The van der Waals surface area contributed by atoms with Crippen LogP contribution in [0.5, 0.6) is 0 Å². The molecule has 0 aromatic heterocycles. The highest BCUT2D eigenvalue weighted by molar-refractivity contribution is 7.92. The van der Waals surface area contributed by atoms with Gasteiger partial charge in [0, 0.05) is 38.8 Å². The number of hydrogen-bond acceptors (Lipinski definition) is 4. The van der Waals surface area contributed by atoms with Crippen molar-refractivity contribution in [3.63, 3.8) is 0 Å². The number of sulfone groups is 1. The van der Waals surface area contributed by atoms with Crippen LogP contribution in [0.15, 0.2) is 0 Å². The van der Waals surface area contributed by atoms with Crippen LogP contribution < -0.4 is 0 Å². The van der Waals surface area contributed by atoms with Crippen molar-refractivity contribution in [1.82, 2.24) is 14.7 Å². The summed E-state index contributed by atoms with van der Waals surface area (Å²) in [6.07, 6.45) is 0.641. The Morgan fingerprint density at radius 2 is 1.83 bits per heavy atom. The van der Waals surface area contributed by atoms with Crippen LogP contribution in [0.4, 0.5) is 4.79 Å². The van der Waals surface area contributed by atoms with Crippen LogP contribution in [0.3, 0.4) is 0 Å². The molecule has 3 aliphatic rings. The molecule has 0 aromatic rings. The van der Waals surface area contributed by atoms with E-state index < -0.39 is 9.84 Å². The first-order chi connectivity index (χ1) is 8.47. The Labute approximate surface area is 107 Å². The van der Waals surface area contributed by atoms with E-state index in [0.29, 0.717) is 13.0 Å². The van der Waals surface area contributed by atoms with Crippen LogP contribution in [-0.4, -0.2) is 86.0 Å². The van der Waals surface area contributed by atoms with E-state index in [1.807, 2.05) is 11.9 Å². The number of piperazine rings is 1. The quantitative estimate of drug-likeness (QED) is 0.581. The zero-order chi connectivity index (χ0) is 12.9. The van der Waals surface area contributed by atoms with Crippen LogP contribution in [0, 0.1) is 0 Å². The molecular weight excluding hydrogens is 254 g/mol. The van der Waals surface area contributed by atoms with E-state index in [4.69, 9.17) is 0 Å². The molecule has 3 heterocycles. The summed E-state index contributed by atoms with van der Waals surface area (Å²) in [5.41, 5.74) is 0. The molecule has 0 aromatic carbocycles. The molecule has 2 bridgehead atoms. The third-order valence-electron chi connectivity index (χ3n) is 4.33. The Bertz CT molecular complexity index is 456. The fourth-order valence-electron chi connectivity index (χ4n) is 3.11. The SMILES string of the molecule is CN1CCN(C(=O)N2C[C@H]3C[C@H]2CS3(=O)=O)CC1. The number of urea groups is 1. The molecule has 0 unspecified atom stereocenters. The van der Waals surface area contributed by atoms with Gasteiger partial charge in [-0.1, -0.05) is 0 Å². The lowest BCUT2D eigenvalue weighted by atomic mass is 10.2. The summed E-state index contributed by atoms with van der Waals surface area (Å²) in [5.74, 6) is 0.164. The van der Waals surface area contributed by atoms with Crippen molar-refractivity contribution in [1.29, 1.82) is 0 Å². The Morgan fingerprint density at radius 1 is 1.17 bits per heavy atom. The normalized spacial score (nSPS) is 35.2. The fourth-order valence-corrected chi connectivity index (χ4v) is 5.14. The molecule has 3 rings (SSSR count). The summed E-state index contributed by atoms with van der Waals surface area (Å²) in [6.45, 7) is 3.68. The van der Waals surface area contributed by atoms with E-state index in [1.165, 1.54) is 0 Å². The van der Waals surface area contributed by atoms with E-state index >= 15 is 0 Å². The van der Waals surface area contributed by atoms with Crippen LogP contribution in [0.2, 0.25) is 0 Å². The summed E-state index contributed by atoms with van der Waals surface area (Å²) in [4.78, 5) is 18.2. The molecule has 3 fully saturated rings. The van der Waals surface area contributed by atoms with Crippen molar-refractivity contribution < 1.29 is 13.2 Å². The Balaban J connectivity index is 1.66. The molecular formula is C11H19N3O3S. The fraction of sp³-hybridized carbons (Fsp3) is 0.909. The van der Waals surface area contributed by atoms with Gasteiger partial charge in [0.25, 0.3) is 0 Å². The van der Waals surface area contributed by atoms with Gasteiger partial charge >= 0.3 is 6.03 Å². The van der Waals surface area contributed by atoms with Gasteiger partial charge in [-0.25, -0.2) is 13.2 Å². The zero-order valence-corrected chi connectivity index (χ0v) is 11.4. The monoisotopic (exact) mass is 273 g/mol. The molecule has 0 N–H and O–H groups in total. The molecule has 102 valence electrons. The third kappa shape index (κ3) is 1.89. The third-order valence-corrected chi connectivity index (χ3v) is 6.53. The summed E-state index contributed by atoms with van der Waals surface area (Å²) < 4.78 is 23.3. The number of likely N-dealkylation sites (tertiary alicyclic amines) is 1. The van der Waals surface area contributed by atoms with Gasteiger partial charge in [-0.15, -0.1) is 0 Å². The average Bonchev–Trinajstić information content (AvgIpc) is 2.84. The van der Waals surface area contributed by atoms with Crippen molar-refractivity contribution in [3.05, 3.63) is 0 Å². The zero-order valence-electron chi connectivity index (χ0n) is 10.6. The maximum atomic E-state index is 12.3. The number of hydrogen-bond donors (Lipinski definition) is 0. The highest BCUT2D eigenvalue weighted by Gasteiger charge is 2.50. The lowest BCUT2D eigenvalue weighted by Gasteiger charge is -2.37. The van der Waals surface area contributed by atoms with Crippen LogP contribution >= 0.6 is 0 Å². The average molecular weight is 273 g/mol. The van der Waals surface area contributed by atoms with Gasteiger partial charge in [0.15, 0.2) is 9.84 Å². The minimum atomic E-state index is -2.91. The molecule has 0 spiro atoms. The van der Waals surface area contributed by atoms with E-state index in [-0.39, 0.29) is 23.1 Å². The Morgan fingerprint density at radius 3 is 2.33 bits per heavy atom. The molecule has 0 aliphatic carbocycles. The number of rotatable bonds is 0. The molecule has 6 nitrogen and oxygen atoms in total. The first-order valence-electron chi connectivity index (χ1n) is 6.43. The van der Waals surface area contributed by atoms with Crippen molar-refractivity contribution in [2.75, 3.05) is 45.5 Å². The molecule has 18 heavy (non-hydrogen) atoms. The van der Waals surface area contributed by atoms with Gasteiger partial charge in [0.2, 0.25) is 0 Å². The second kappa shape index (κ2) is 4.09. The summed E-state index contributed by atoms with van der Waals surface area (Å²) in [5, 5.41) is -0.307. The first kappa shape index (κ1) is 12.2. The van der Waals surface area contributed by atoms with E-state index in [1.54, 1.807) is 4.90 Å². The largest absolute Gasteiger partial charge is 0.322 e. The smallest absolute Gasteiger partial charge is 0.320 e. The van der Waals surface area contributed by atoms with E-state index in [9.17, 15) is 13.2 Å². The number of fused-ring (bicyclic) bond motifs is 2. The lowest BCUT2D eigenvalue weighted by molar-refractivity contribution is 0.120. The predicted octanol–water partition coefficient (Wildman–Crippen LogP) is -0.775. The van der Waals surface area contributed by atoms with Crippen LogP contribution in [0.25, 0.3) is 0 Å². The molecule has 2 amide bonds. The number of nitrogens with zero attached hydrogens (tertiary/aromatic N) is 3. The number of amides is 2. The number of likely N-dealkylation sites (N-methyl/N-ethyl adjacent to an activating group) is 1. The Kier molecular flexibility index (Phi) is 2.78. The predicted molar refractivity (Wildman–Crippen MR) is 67.2 cm³/mol. The number of carbonyl (C=O) groups excluding carboxylic acids is 1. The summed E-state index contributed by atoms with van der Waals surface area (Å²) >= 11 is 0. The summed E-state index contributed by atoms with van der Waals surface area (Å²) in [7, 11) is -0.866. The minimum absolute atomic E-state index is 0.0329. The van der Waals surface area contributed by atoms with Crippen molar-refractivity contribution >= 4 is 15.9 Å². The van der Waals surface area contributed by atoms with E-state index in [2.05, 4.69) is 4.90 Å². The van der Waals surface area contributed by atoms with Gasteiger partial charge in [0.05, 0.1) is 11.0 Å².